The molecule has 154 valence electrons. The summed E-state index contributed by atoms with van der Waals surface area (Å²) in [5.41, 5.74) is 1.14. The third-order valence-electron chi connectivity index (χ3n) is 4.57. The van der Waals surface area contributed by atoms with E-state index in [0.29, 0.717) is 5.69 Å². The molecule has 1 amide bonds. The van der Waals surface area contributed by atoms with E-state index in [0.717, 1.165) is 15.7 Å². The quantitative estimate of drug-likeness (QED) is 0.628. The second kappa shape index (κ2) is 9.04. The molecule has 0 atom stereocenters. The van der Waals surface area contributed by atoms with Gasteiger partial charge in [0, 0.05) is 18.0 Å². The molecular formula is C22H21N3O5. The number of carbonyl (C=O) groups is 2. The highest BCUT2D eigenvalue weighted by Crippen LogP contribution is 2.17. The van der Waals surface area contributed by atoms with E-state index < -0.39 is 29.7 Å². The molecule has 3 rings (SSSR count). The second-order valence-corrected chi connectivity index (χ2v) is 6.71. The molecule has 8 nitrogen and oxygen atoms in total. The topological polar surface area (TPSA) is 99.4 Å². The van der Waals surface area contributed by atoms with Gasteiger partial charge in [0.1, 0.15) is 6.54 Å². The summed E-state index contributed by atoms with van der Waals surface area (Å²) in [6, 6.07) is 15.3. The molecular weight excluding hydrogens is 386 g/mol. The van der Waals surface area contributed by atoms with E-state index in [-0.39, 0.29) is 12.1 Å². The first-order valence-corrected chi connectivity index (χ1v) is 9.22. The lowest BCUT2D eigenvalue weighted by Crippen LogP contribution is -2.41. The number of amides is 1. The van der Waals surface area contributed by atoms with Crippen LogP contribution in [-0.2, 0) is 22.6 Å². The maximum atomic E-state index is 12.7. The van der Waals surface area contributed by atoms with Gasteiger partial charge in [0.2, 0.25) is 5.91 Å². The number of nitrogens with one attached hydrogen (secondary N) is 1. The number of nitrogens with zero attached hydrogens (tertiary/aromatic N) is 2. The van der Waals surface area contributed by atoms with Gasteiger partial charge in [0.15, 0.2) is 0 Å². The normalized spacial score (nSPS) is 10.5. The molecule has 30 heavy (non-hydrogen) atoms. The van der Waals surface area contributed by atoms with Gasteiger partial charge in [0.25, 0.3) is 5.56 Å². The SMILES string of the molecule is COC(=O)c1ccc(C)c(NC(=O)Cn2c(=O)ccn(Cc3ccccc3)c2=O)c1. The van der Waals surface area contributed by atoms with Crippen LogP contribution in [0.3, 0.4) is 0 Å². The van der Waals surface area contributed by atoms with Gasteiger partial charge in [0.05, 0.1) is 19.2 Å². The third-order valence-corrected chi connectivity index (χ3v) is 4.57. The number of aryl methyl sites for hydroxylation is 1. The van der Waals surface area contributed by atoms with Crippen molar-refractivity contribution in [2.75, 3.05) is 12.4 Å². The average Bonchev–Trinajstić information content (AvgIpc) is 2.75. The number of carbonyl (C=O) groups excluding carboxylic acids is 2. The van der Waals surface area contributed by atoms with Crippen LogP contribution >= 0.6 is 0 Å². The van der Waals surface area contributed by atoms with Crippen molar-refractivity contribution >= 4 is 17.6 Å². The average molecular weight is 407 g/mol. The molecule has 0 aliphatic carbocycles. The summed E-state index contributed by atoms with van der Waals surface area (Å²) in [7, 11) is 1.27. The van der Waals surface area contributed by atoms with Crippen LogP contribution in [0.2, 0.25) is 0 Å². The van der Waals surface area contributed by atoms with Crippen LogP contribution in [0.4, 0.5) is 5.69 Å². The molecule has 0 saturated carbocycles. The monoisotopic (exact) mass is 407 g/mol. The number of rotatable bonds is 6. The Hall–Kier alpha value is -3.94. The number of aromatic nitrogens is 2. The number of hydrogen-bond donors (Lipinski definition) is 1. The number of esters is 1. The first-order valence-electron chi connectivity index (χ1n) is 9.22. The standard InChI is InChI=1S/C22H21N3O5/c1-15-8-9-17(21(28)30-2)12-18(15)23-19(26)14-25-20(27)10-11-24(22(25)29)13-16-6-4-3-5-7-16/h3-12H,13-14H2,1-2H3,(H,23,26). The Morgan fingerprint density at radius 1 is 1.03 bits per heavy atom. The predicted molar refractivity (Wildman–Crippen MR) is 112 cm³/mol. The summed E-state index contributed by atoms with van der Waals surface area (Å²) in [5, 5.41) is 2.65. The predicted octanol–water partition coefficient (Wildman–Crippen LogP) is 1.79. The molecule has 0 spiro atoms. The zero-order valence-corrected chi connectivity index (χ0v) is 16.6. The van der Waals surface area contributed by atoms with E-state index in [1.165, 1.54) is 30.0 Å². The molecule has 8 heteroatoms. The first-order chi connectivity index (χ1) is 14.4. The molecule has 2 aromatic carbocycles. The first kappa shape index (κ1) is 20.8. The van der Waals surface area contributed by atoms with Crippen molar-refractivity contribution in [3.8, 4) is 0 Å². The number of methoxy groups -OCH3 is 1. The zero-order chi connectivity index (χ0) is 21.7. The van der Waals surface area contributed by atoms with Gasteiger partial charge >= 0.3 is 11.7 Å². The van der Waals surface area contributed by atoms with Crippen LogP contribution in [-0.4, -0.2) is 28.1 Å². The van der Waals surface area contributed by atoms with Crippen molar-refractivity contribution in [3.05, 3.63) is 98.3 Å². The van der Waals surface area contributed by atoms with Gasteiger partial charge in [-0.2, -0.15) is 0 Å². The largest absolute Gasteiger partial charge is 0.465 e. The number of anilines is 1. The van der Waals surface area contributed by atoms with E-state index in [2.05, 4.69) is 10.1 Å². The van der Waals surface area contributed by atoms with Crippen molar-refractivity contribution in [3.63, 3.8) is 0 Å². The van der Waals surface area contributed by atoms with E-state index in [4.69, 9.17) is 0 Å². The molecule has 0 aliphatic rings. The fourth-order valence-electron chi connectivity index (χ4n) is 2.94. The van der Waals surface area contributed by atoms with Gasteiger partial charge in [-0.1, -0.05) is 36.4 Å². The lowest BCUT2D eigenvalue weighted by atomic mass is 10.1. The van der Waals surface area contributed by atoms with Crippen LogP contribution in [0.15, 0.2) is 70.4 Å². The van der Waals surface area contributed by atoms with Crippen molar-refractivity contribution in [2.45, 2.75) is 20.0 Å². The fraction of sp³-hybridized carbons (Fsp3) is 0.182. The lowest BCUT2D eigenvalue weighted by molar-refractivity contribution is -0.116. The molecule has 0 bridgehead atoms. The Kier molecular flexibility index (Phi) is 6.26. The summed E-state index contributed by atoms with van der Waals surface area (Å²) in [5.74, 6) is -1.09. The Morgan fingerprint density at radius 2 is 1.77 bits per heavy atom. The van der Waals surface area contributed by atoms with Gasteiger partial charge in [-0.25, -0.2) is 9.59 Å². The van der Waals surface area contributed by atoms with Crippen LogP contribution in [0.5, 0.6) is 0 Å². The molecule has 0 fully saturated rings. The van der Waals surface area contributed by atoms with Crippen LogP contribution in [0, 0.1) is 6.92 Å². The van der Waals surface area contributed by atoms with E-state index in [1.807, 2.05) is 30.3 Å². The summed E-state index contributed by atoms with van der Waals surface area (Å²) < 4.78 is 6.93. The third kappa shape index (κ3) is 4.72. The minimum atomic E-state index is -0.582. The maximum Gasteiger partial charge on any atom is 0.337 e. The highest BCUT2D eigenvalue weighted by Gasteiger charge is 2.13. The van der Waals surface area contributed by atoms with Crippen LogP contribution in [0.1, 0.15) is 21.5 Å². The second-order valence-electron chi connectivity index (χ2n) is 6.71. The van der Waals surface area contributed by atoms with Crippen molar-refractivity contribution < 1.29 is 14.3 Å². The minimum Gasteiger partial charge on any atom is -0.465 e. The Morgan fingerprint density at radius 3 is 2.47 bits per heavy atom. The number of benzene rings is 2. The number of ether oxygens (including phenoxy) is 1. The lowest BCUT2D eigenvalue weighted by Gasteiger charge is -2.12. The van der Waals surface area contributed by atoms with Gasteiger partial charge in [-0.3, -0.25) is 18.7 Å². The van der Waals surface area contributed by atoms with Crippen LogP contribution in [0.25, 0.3) is 0 Å². The molecule has 0 radical (unpaired) electrons. The summed E-state index contributed by atoms with van der Waals surface area (Å²) in [6.07, 6.45) is 1.41. The molecule has 0 unspecified atom stereocenters. The molecule has 0 saturated heterocycles. The van der Waals surface area contributed by atoms with Gasteiger partial charge < -0.3 is 10.1 Å². The summed E-state index contributed by atoms with van der Waals surface area (Å²) >= 11 is 0. The molecule has 1 heterocycles. The van der Waals surface area contributed by atoms with E-state index >= 15 is 0 Å². The van der Waals surface area contributed by atoms with E-state index in [1.54, 1.807) is 19.1 Å². The highest BCUT2D eigenvalue weighted by atomic mass is 16.5. The maximum absolute atomic E-state index is 12.7. The Bertz CT molecular complexity index is 1200. The summed E-state index contributed by atoms with van der Waals surface area (Å²) in [6.45, 7) is 1.59. The molecule has 1 N–H and O–H groups in total. The van der Waals surface area contributed by atoms with Gasteiger partial charge in [-0.15, -0.1) is 0 Å². The minimum absolute atomic E-state index is 0.278. The molecule has 3 aromatic rings. The fourth-order valence-corrected chi connectivity index (χ4v) is 2.94. The molecule has 0 aliphatic heterocycles. The Labute approximate surface area is 172 Å². The zero-order valence-electron chi connectivity index (χ0n) is 16.6. The highest BCUT2D eigenvalue weighted by molar-refractivity contribution is 5.95. The van der Waals surface area contributed by atoms with Crippen molar-refractivity contribution in [1.29, 1.82) is 0 Å². The Balaban J connectivity index is 1.82. The van der Waals surface area contributed by atoms with Gasteiger partial charge in [-0.05, 0) is 30.2 Å². The smallest absolute Gasteiger partial charge is 0.337 e. The van der Waals surface area contributed by atoms with Crippen molar-refractivity contribution in [1.82, 2.24) is 9.13 Å². The van der Waals surface area contributed by atoms with Crippen molar-refractivity contribution in [2.24, 2.45) is 0 Å². The van der Waals surface area contributed by atoms with E-state index in [9.17, 15) is 19.2 Å². The summed E-state index contributed by atoms with van der Waals surface area (Å²) in [4.78, 5) is 49.1. The number of hydrogen-bond acceptors (Lipinski definition) is 5. The van der Waals surface area contributed by atoms with Crippen LogP contribution < -0.4 is 16.6 Å². The molecule has 1 aromatic heterocycles.